The van der Waals surface area contributed by atoms with Crippen molar-refractivity contribution in [3.05, 3.63) is 78.5 Å². The molecule has 3 rings (SSSR count). The van der Waals surface area contributed by atoms with Gasteiger partial charge in [0.05, 0.1) is 0 Å². The van der Waals surface area contributed by atoms with Crippen molar-refractivity contribution in [2.75, 3.05) is 26.3 Å². The van der Waals surface area contributed by atoms with Gasteiger partial charge in [-0.25, -0.2) is 4.39 Å². The van der Waals surface area contributed by atoms with Crippen LogP contribution in [0.25, 0.3) is 0 Å². The normalized spacial score (nSPS) is 13.3. The lowest BCUT2D eigenvalue weighted by Crippen LogP contribution is -2.27. The molecule has 0 saturated carbocycles. The number of likely N-dealkylation sites (N-methyl/N-ethyl adjacent to an activating group) is 1. The highest BCUT2D eigenvalue weighted by atomic mass is 19.1. The standard InChI is InChI=1S/C21H22FNO3/c1-2-23-14-4-3-5-21(23)25-16-15-24-18-10-12-20(13-11-18)26-19-8-6-17(22)7-9-19/h3-13H,2,14-16H2,1H3. The Morgan fingerprint density at radius 2 is 1.50 bits per heavy atom. The molecule has 1 heterocycles. The predicted molar refractivity (Wildman–Crippen MR) is 98.8 cm³/mol. The summed E-state index contributed by atoms with van der Waals surface area (Å²) in [7, 11) is 0. The summed E-state index contributed by atoms with van der Waals surface area (Å²) in [6.07, 6.45) is 6.07. The van der Waals surface area contributed by atoms with Crippen LogP contribution in [0.3, 0.4) is 0 Å². The third kappa shape index (κ3) is 5.02. The Morgan fingerprint density at radius 1 is 0.885 bits per heavy atom. The molecule has 0 radical (unpaired) electrons. The highest BCUT2D eigenvalue weighted by Crippen LogP contribution is 2.24. The van der Waals surface area contributed by atoms with E-state index in [4.69, 9.17) is 14.2 Å². The summed E-state index contributed by atoms with van der Waals surface area (Å²) in [5.41, 5.74) is 0. The zero-order chi connectivity index (χ0) is 18.2. The molecule has 0 bridgehead atoms. The molecule has 2 aromatic carbocycles. The van der Waals surface area contributed by atoms with Gasteiger partial charge < -0.3 is 19.1 Å². The maximum absolute atomic E-state index is 12.9. The molecule has 5 heteroatoms. The van der Waals surface area contributed by atoms with Gasteiger partial charge in [-0.3, -0.25) is 0 Å². The first-order valence-corrected chi connectivity index (χ1v) is 8.65. The first-order valence-electron chi connectivity index (χ1n) is 8.65. The van der Waals surface area contributed by atoms with Crippen LogP contribution in [0.1, 0.15) is 6.92 Å². The number of halogens is 1. The SMILES string of the molecule is CCN1CC=CC=C1OCCOc1ccc(Oc2ccc(F)cc2)cc1. The van der Waals surface area contributed by atoms with Gasteiger partial charge in [-0.05, 0) is 61.5 Å². The smallest absolute Gasteiger partial charge is 0.189 e. The minimum Gasteiger partial charge on any atom is -0.490 e. The van der Waals surface area contributed by atoms with E-state index in [1.165, 1.54) is 12.1 Å². The van der Waals surface area contributed by atoms with E-state index in [-0.39, 0.29) is 5.82 Å². The van der Waals surface area contributed by atoms with Crippen molar-refractivity contribution in [2.45, 2.75) is 6.92 Å². The van der Waals surface area contributed by atoms with Gasteiger partial charge in [-0.2, -0.15) is 0 Å². The molecule has 4 nitrogen and oxygen atoms in total. The molecular weight excluding hydrogens is 333 g/mol. The van der Waals surface area contributed by atoms with Crippen LogP contribution in [-0.2, 0) is 4.74 Å². The first kappa shape index (κ1) is 17.9. The summed E-state index contributed by atoms with van der Waals surface area (Å²) in [5, 5.41) is 0. The van der Waals surface area contributed by atoms with Gasteiger partial charge in [0.1, 0.15) is 36.3 Å². The van der Waals surface area contributed by atoms with Crippen molar-refractivity contribution in [1.82, 2.24) is 4.90 Å². The number of hydrogen-bond acceptors (Lipinski definition) is 4. The van der Waals surface area contributed by atoms with Crippen molar-refractivity contribution >= 4 is 0 Å². The molecular formula is C21H22FNO3. The van der Waals surface area contributed by atoms with E-state index in [9.17, 15) is 4.39 Å². The molecule has 0 unspecified atom stereocenters. The second-order valence-corrected chi connectivity index (χ2v) is 5.70. The molecule has 26 heavy (non-hydrogen) atoms. The zero-order valence-electron chi connectivity index (χ0n) is 14.7. The molecule has 0 spiro atoms. The van der Waals surface area contributed by atoms with Gasteiger partial charge in [-0.15, -0.1) is 0 Å². The highest BCUT2D eigenvalue weighted by Gasteiger charge is 2.09. The van der Waals surface area contributed by atoms with Crippen LogP contribution in [0.15, 0.2) is 72.6 Å². The van der Waals surface area contributed by atoms with Gasteiger partial charge in [0, 0.05) is 13.1 Å². The molecule has 0 fully saturated rings. The molecule has 1 aliphatic heterocycles. The summed E-state index contributed by atoms with van der Waals surface area (Å²) >= 11 is 0. The minimum absolute atomic E-state index is 0.287. The van der Waals surface area contributed by atoms with Crippen molar-refractivity contribution in [3.8, 4) is 17.2 Å². The molecule has 0 N–H and O–H groups in total. The Hall–Kier alpha value is -2.95. The van der Waals surface area contributed by atoms with Crippen molar-refractivity contribution in [2.24, 2.45) is 0 Å². The molecule has 0 saturated heterocycles. The quantitative estimate of drug-likeness (QED) is 0.640. The molecule has 0 aliphatic carbocycles. The Morgan fingerprint density at radius 3 is 2.19 bits per heavy atom. The lowest BCUT2D eigenvalue weighted by molar-refractivity contribution is 0.0944. The first-order chi connectivity index (χ1) is 12.7. The van der Waals surface area contributed by atoms with Gasteiger partial charge in [0.2, 0.25) is 0 Å². The van der Waals surface area contributed by atoms with Crippen LogP contribution in [0, 0.1) is 5.82 Å². The zero-order valence-corrected chi connectivity index (χ0v) is 14.7. The Balaban J connectivity index is 1.43. The molecule has 1 aliphatic rings. The van der Waals surface area contributed by atoms with Crippen LogP contribution >= 0.6 is 0 Å². The lowest BCUT2D eigenvalue weighted by Gasteiger charge is -2.26. The summed E-state index contributed by atoms with van der Waals surface area (Å²) in [6.45, 7) is 4.81. The molecule has 0 aromatic heterocycles. The molecule has 2 aromatic rings. The third-order valence-corrected chi connectivity index (χ3v) is 3.87. The fourth-order valence-corrected chi connectivity index (χ4v) is 2.51. The Labute approximate surface area is 153 Å². The van der Waals surface area contributed by atoms with E-state index in [0.29, 0.717) is 24.7 Å². The summed E-state index contributed by atoms with van der Waals surface area (Å²) in [6, 6.07) is 13.2. The van der Waals surface area contributed by atoms with Gasteiger partial charge in [0.15, 0.2) is 5.88 Å². The van der Waals surface area contributed by atoms with E-state index in [0.717, 1.165) is 24.7 Å². The number of allylic oxidation sites excluding steroid dienone is 2. The molecule has 0 atom stereocenters. The van der Waals surface area contributed by atoms with Crippen molar-refractivity contribution < 1.29 is 18.6 Å². The van der Waals surface area contributed by atoms with Crippen LogP contribution < -0.4 is 9.47 Å². The van der Waals surface area contributed by atoms with E-state index in [2.05, 4.69) is 17.9 Å². The van der Waals surface area contributed by atoms with E-state index < -0.39 is 0 Å². The monoisotopic (exact) mass is 355 g/mol. The van der Waals surface area contributed by atoms with Gasteiger partial charge in [-0.1, -0.05) is 12.2 Å². The Bertz CT molecular complexity index is 754. The summed E-state index contributed by atoms with van der Waals surface area (Å²) in [5.74, 6) is 2.58. The molecule has 136 valence electrons. The largest absolute Gasteiger partial charge is 0.490 e. The lowest BCUT2D eigenvalue weighted by atomic mass is 10.3. The van der Waals surface area contributed by atoms with Crippen molar-refractivity contribution in [3.63, 3.8) is 0 Å². The average Bonchev–Trinajstić information content (AvgIpc) is 2.68. The number of benzene rings is 2. The Kier molecular flexibility index (Phi) is 6.14. The van der Waals surface area contributed by atoms with E-state index in [1.54, 1.807) is 12.1 Å². The van der Waals surface area contributed by atoms with Gasteiger partial charge in [0.25, 0.3) is 0 Å². The number of rotatable bonds is 8. The number of nitrogens with zero attached hydrogens (tertiary/aromatic N) is 1. The topological polar surface area (TPSA) is 30.9 Å². The van der Waals surface area contributed by atoms with Crippen molar-refractivity contribution in [1.29, 1.82) is 0 Å². The fraction of sp³-hybridized carbons (Fsp3) is 0.238. The highest BCUT2D eigenvalue weighted by molar-refractivity contribution is 5.35. The maximum Gasteiger partial charge on any atom is 0.189 e. The third-order valence-electron chi connectivity index (χ3n) is 3.87. The second kappa shape index (κ2) is 8.94. The van der Waals surface area contributed by atoms with E-state index in [1.807, 2.05) is 36.4 Å². The fourth-order valence-electron chi connectivity index (χ4n) is 2.51. The average molecular weight is 355 g/mol. The maximum atomic E-state index is 12.9. The number of ether oxygens (including phenoxy) is 3. The van der Waals surface area contributed by atoms with Gasteiger partial charge >= 0.3 is 0 Å². The summed E-state index contributed by atoms with van der Waals surface area (Å²) in [4.78, 5) is 2.15. The van der Waals surface area contributed by atoms with Crippen LogP contribution in [0.4, 0.5) is 4.39 Å². The van der Waals surface area contributed by atoms with Crippen LogP contribution in [-0.4, -0.2) is 31.2 Å². The van der Waals surface area contributed by atoms with E-state index >= 15 is 0 Å². The number of hydrogen-bond donors (Lipinski definition) is 0. The minimum atomic E-state index is -0.287. The van der Waals surface area contributed by atoms with Crippen LogP contribution in [0.2, 0.25) is 0 Å². The second-order valence-electron chi connectivity index (χ2n) is 5.70. The summed E-state index contributed by atoms with van der Waals surface area (Å²) < 4.78 is 30.0. The van der Waals surface area contributed by atoms with Crippen LogP contribution in [0.5, 0.6) is 17.2 Å². The predicted octanol–water partition coefficient (Wildman–Crippen LogP) is 4.75. The molecule has 0 amide bonds.